The molecular weight excluding hydrogens is 276 g/mol. The summed E-state index contributed by atoms with van der Waals surface area (Å²) in [5.41, 5.74) is 7.91. The van der Waals surface area contributed by atoms with Gasteiger partial charge < -0.3 is 15.6 Å². The molecule has 0 aliphatic carbocycles. The SMILES string of the molecule is Nc1ccc(NC(=O)C2CCn3cncc3C2)c(Cl)c1. The molecule has 3 rings (SSSR count). The molecule has 0 fully saturated rings. The summed E-state index contributed by atoms with van der Waals surface area (Å²) < 4.78 is 2.08. The predicted molar refractivity (Wildman–Crippen MR) is 78.5 cm³/mol. The van der Waals surface area contributed by atoms with Crippen LogP contribution in [-0.2, 0) is 17.8 Å². The number of hydrogen-bond acceptors (Lipinski definition) is 3. The molecule has 5 nitrogen and oxygen atoms in total. The number of hydrogen-bond donors (Lipinski definition) is 2. The van der Waals surface area contributed by atoms with Crippen LogP contribution in [0, 0.1) is 5.92 Å². The van der Waals surface area contributed by atoms with E-state index in [0.29, 0.717) is 22.8 Å². The van der Waals surface area contributed by atoms with Crippen LogP contribution in [0.4, 0.5) is 11.4 Å². The first-order chi connectivity index (χ1) is 9.63. The third kappa shape index (κ3) is 2.49. The van der Waals surface area contributed by atoms with E-state index in [-0.39, 0.29) is 11.8 Å². The highest BCUT2D eigenvalue weighted by atomic mass is 35.5. The molecule has 6 heteroatoms. The van der Waals surface area contributed by atoms with Crippen LogP contribution < -0.4 is 11.1 Å². The number of benzene rings is 1. The van der Waals surface area contributed by atoms with Gasteiger partial charge in [-0.2, -0.15) is 0 Å². The molecule has 1 atom stereocenters. The Kier molecular flexibility index (Phi) is 3.36. The number of nitrogens with one attached hydrogen (secondary N) is 1. The quantitative estimate of drug-likeness (QED) is 0.834. The number of fused-ring (bicyclic) bond motifs is 1. The molecule has 104 valence electrons. The number of rotatable bonds is 2. The van der Waals surface area contributed by atoms with Crippen molar-refractivity contribution in [3.05, 3.63) is 41.4 Å². The maximum atomic E-state index is 12.3. The molecule has 2 heterocycles. The number of aryl methyl sites for hydroxylation is 1. The van der Waals surface area contributed by atoms with E-state index in [2.05, 4.69) is 14.9 Å². The first kappa shape index (κ1) is 13.0. The lowest BCUT2D eigenvalue weighted by molar-refractivity contribution is -0.120. The van der Waals surface area contributed by atoms with E-state index in [1.54, 1.807) is 24.5 Å². The number of halogens is 1. The second kappa shape index (κ2) is 5.17. The lowest BCUT2D eigenvalue weighted by Gasteiger charge is -2.23. The van der Waals surface area contributed by atoms with Crippen LogP contribution >= 0.6 is 11.6 Å². The number of nitrogens with zero attached hydrogens (tertiary/aromatic N) is 2. The molecule has 1 aromatic carbocycles. The topological polar surface area (TPSA) is 72.9 Å². The molecule has 1 aromatic heterocycles. The first-order valence-corrected chi connectivity index (χ1v) is 6.86. The van der Waals surface area contributed by atoms with Gasteiger partial charge in [-0.3, -0.25) is 4.79 Å². The minimum absolute atomic E-state index is 0.0101. The molecule has 0 radical (unpaired) electrons. The number of nitrogens with two attached hydrogens (primary N) is 1. The molecule has 1 amide bonds. The molecule has 1 aliphatic heterocycles. The third-order valence-electron chi connectivity index (χ3n) is 3.59. The van der Waals surface area contributed by atoms with Crippen molar-refractivity contribution >= 4 is 28.9 Å². The van der Waals surface area contributed by atoms with Gasteiger partial charge in [0.15, 0.2) is 0 Å². The molecule has 3 N–H and O–H groups in total. The molecule has 0 spiro atoms. The fraction of sp³-hybridized carbons (Fsp3) is 0.286. The van der Waals surface area contributed by atoms with E-state index in [4.69, 9.17) is 17.3 Å². The van der Waals surface area contributed by atoms with Crippen molar-refractivity contribution < 1.29 is 4.79 Å². The van der Waals surface area contributed by atoms with Gasteiger partial charge >= 0.3 is 0 Å². The molecule has 0 bridgehead atoms. The van der Waals surface area contributed by atoms with Crippen molar-refractivity contribution in [3.63, 3.8) is 0 Å². The molecule has 0 saturated heterocycles. The molecule has 20 heavy (non-hydrogen) atoms. The standard InChI is InChI=1S/C14H15ClN4O/c15-12-6-10(16)1-2-13(12)18-14(20)9-3-4-19-8-17-7-11(19)5-9/h1-2,6-9H,3-5,16H2,(H,18,20). The zero-order valence-corrected chi connectivity index (χ0v) is 11.6. The second-order valence-corrected chi connectivity index (χ2v) is 5.40. The smallest absolute Gasteiger partial charge is 0.227 e. The van der Waals surface area contributed by atoms with Gasteiger partial charge in [-0.05, 0) is 24.6 Å². The molecular formula is C14H15ClN4O. The number of anilines is 2. The van der Waals surface area contributed by atoms with Crippen LogP contribution in [0.2, 0.25) is 5.02 Å². The molecule has 1 aliphatic rings. The summed E-state index contributed by atoms with van der Waals surface area (Å²) in [7, 11) is 0. The van der Waals surface area contributed by atoms with E-state index >= 15 is 0 Å². The molecule has 1 unspecified atom stereocenters. The summed E-state index contributed by atoms with van der Waals surface area (Å²) in [5, 5.41) is 3.33. The zero-order valence-electron chi connectivity index (χ0n) is 10.8. The van der Waals surface area contributed by atoms with Crippen molar-refractivity contribution in [2.45, 2.75) is 19.4 Å². The highest BCUT2D eigenvalue weighted by molar-refractivity contribution is 6.34. The van der Waals surface area contributed by atoms with Crippen LogP contribution in [0.5, 0.6) is 0 Å². The number of carbonyl (C=O) groups excluding carboxylic acids is 1. The van der Waals surface area contributed by atoms with Crippen molar-refractivity contribution in [1.29, 1.82) is 0 Å². The first-order valence-electron chi connectivity index (χ1n) is 6.48. The van der Waals surface area contributed by atoms with Crippen molar-refractivity contribution in [3.8, 4) is 0 Å². The van der Waals surface area contributed by atoms with Crippen LogP contribution in [-0.4, -0.2) is 15.5 Å². The maximum Gasteiger partial charge on any atom is 0.227 e. The Morgan fingerprint density at radius 3 is 3.15 bits per heavy atom. The largest absolute Gasteiger partial charge is 0.399 e. The van der Waals surface area contributed by atoms with E-state index < -0.39 is 0 Å². The highest BCUT2D eigenvalue weighted by Crippen LogP contribution is 2.26. The van der Waals surface area contributed by atoms with E-state index in [9.17, 15) is 4.79 Å². The Bertz CT molecular complexity index is 652. The van der Waals surface area contributed by atoms with E-state index in [1.165, 1.54) is 0 Å². The summed E-state index contributed by atoms with van der Waals surface area (Å²) >= 11 is 6.07. The van der Waals surface area contributed by atoms with Gasteiger partial charge in [-0.25, -0.2) is 4.98 Å². The average molecular weight is 291 g/mol. The fourth-order valence-corrected chi connectivity index (χ4v) is 2.70. The Hall–Kier alpha value is -2.01. The normalized spacial score (nSPS) is 17.6. The summed E-state index contributed by atoms with van der Waals surface area (Å²) in [6.07, 6.45) is 5.14. The van der Waals surface area contributed by atoms with Gasteiger partial charge in [0.25, 0.3) is 0 Å². The number of nitrogen functional groups attached to an aromatic ring is 1. The molecule has 2 aromatic rings. The van der Waals surface area contributed by atoms with Crippen LogP contribution in [0.3, 0.4) is 0 Å². The van der Waals surface area contributed by atoms with Crippen LogP contribution in [0.25, 0.3) is 0 Å². The Morgan fingerprint density at radius 1 is 1.50 bits per heavy atom. The summed E-state index contributed by atoms with van der Waals surface area (Å²) in [4.78, 5) is 16.4. The van der Waals surface area contributed by atoms with Gasteiger partial charge in [0.1, 0.15) is 0 Å². The maximum absolute atomic E-state index is 12.3. The van der Waals surface area contributed by atoms with Gasteiger partial charge in [-0.15, -0.1) is 0 Å². The summed E-state index contributed by atoms with van der Waals surface area (Å²) in [5.74, 6) is -0.0584. The van der Waals surface area contributed by atoms with E-state index in [0.717, 1.165) is 18.7 Å². The number of carbonyl (C=O) groups is 1. The van der Waals surface area contributed by atoms with Crippen LogP contribution in [0.15, 0.2) is 30.7 Å². The summed E-state index contributed by atoms with van der Waals surface area (Å²) in [6, 6.07) is 5.08. The zero-order chi connectivity index (χ0) is 14.1. The lowest BCUT2D eigenvalue weighted by Crippen LogP contribution is -2.30. The number of imidazole rings is 1. The van der Waals surface area contributed by atoms with Gasteiger partial charge in [-0.1, -0.05) is 11.6 Å². The Balaban J connectivity index is 1.71. The van der Waals surface area contributed by atoms with Gasteiger partial charge in [0.2, 0.25) is 5.91 Å². The highest BCUT2D eigenvalue weighted by Gasteiger charge is 2.25. The molecule has 0 saturated carbocycles. The van der Waals surface area contributed by atoms with Crippen LogP contribution in [0.1, 0.15) is 12.1 Å². The van der Waals surface area contributed by atoms with Gasteiger partial charge in [0, 0.05) is 36.5 Å². The van der Waals surface area contributed by atoms with Gasteiger partial charge in [0.05, 0.1) is 17.0 Å². The predicted octanol–water partition coefficient (Wildman–Crippen LogP) is 2.32. The minimum atomic E-state index is -0.0483. The van der Waals surface area contributed by atoms with Crippen molar-refractivity contribution in [2.24, 2.45) is 5.92 Å². The Morgan fingerprint density at radius 2 is 2.35 bits per heavy atom. The minimum Gasteiger partial charge on any atom is -0.399 e. The lowest BCUT2D eigenvalue weighted by atomic mass is 9.95. The van der Waals surface area contributed by atoms with E-state index in [1.807, 2.05) is 6.20 Å². The average Bonchev–Trinajstić information content (AvgIpc) is 2.89. The number of aromatic nitrogens is 2. The fourth-order valence-electron chi connectivity index (χ4n) is 2.46. The summed E-state index contributed by atoms with van der Waals surface area (Å²) in [6.45, 7) is 0.822. The van der Waals surface area contributed by atoms with Crippen molar-refractivity contribution in [2.75, 3.05) is 11.1 Å². The second-order valence-electron chi connectivity index (χ2n) is 5.00. The van der Waals surface area contributed by atoms with Crippen molar-refractivity contribution in [1.82, 2.24) is 9.55 Å². The Labute approximate surface area is 121 Å². The number of amides is 1. The monoisotopic (exact) mass is 290 g/mol. The third-order valence-corrected chi connectivity index (χ3v) is 3.91.